The molecule has 2 saturated carbocycles. The Balaban J connectivity index is 1.76. The van der Waals surface area contributed by atoms with E-state index in [0.29, 0.717) is 5.92 Å². The molecule has 3 heteroatoms. The predicted molar refractivity (Wildman–Crippen MR) is 65.9 cm³/mol. The lowest BCUT2D eigenvalue weighted by Gasteiger charge is -2.09. The van der Waals surface area contributed by atoms with E-state index in [-0.39, 0.29) is 6.10 Å². The number of hydrogen-bond acceptors (Lipinski definition) is 2. The molecular weight excluding hydrogens is 272 g/mol. The lowest BCUT2D eigenvalue weighted by molar-refractivity contribution is 0.142. The SMILES string of the molecule is OC(c1cscc1Br)C1C2CCCCC21. The quantitative estimate of drug-likeness (QED) is 0.872. The van der Waals surface area contributed by atoms with Gasteiger partial charge in [0.25, 0.3) is 0 Å². The molecule has 3 unspecified atom stereocenters. The molecule has 1 aromatic rings. The van der Waals surface area contributed by atoms with Gasteiger partial charge in [0.2, 0.25) is 0 Å². The summed E-state index contributed by atoms with van der Waals surface area (Å²) >= 11 is 5.18. The van der Waals surface area contributed by atoms with Gasteiger partial charge in [-0.2, -0.15) is 11.3 Å². The average molecular weight is 287 g/mol. The number of aliphatic hydroxyl groups excluding tert-OH is 1. The molecule has 0 bridgehead atoms. The minimum Gasteiger partial charge on any atom is -0.388 e. The Morgan fingerprint density at radius 1 is 1.27 bits per heavy atom. The Morgan fingerprint density at radius 2 is 1.93 bits per heavy atom. The molecule has 1 N–H and O–H groups in total. The second-order valence-electron chi connectivity index (χ2n) is 4.81. The van der Waals surface area contributed by atoms with Crippen LogP contribution in [-0.2, 0) is 0 Å². The zero-order chi connectivity index (χ0) is 10.4. The van der Waals surface area contributed by atoms with Gasteiger partial charge in [0.05, 0.1) is 6.10 Å². The highest BCUT2D eigenvalue weighted by molar-refractivity contribution is 9.10. The van der Waals surface area contributed by atoms with Crippen molar-refractivity contribution in [1.82, 2.24) is 0 Å². The molecule has 2 fully saturated rings. The van der Waals surface area contributed by atoms with Crippen LogP contribution in [0.5, 0.6) is 0 Å². The van der Waals surface area contributed by atoms with Crippen molar-refractivity contribution in [2.45, 2.75) is 31.8 Å². The van der Waals surface area contributed by atoms with Gasteiger partial charge in [-0.15, -0.1) is 0 Å². The highest BCUT2D eigenvalue weighted by Gasteiger charge is 2.54. The van der Waals surface area contributed by atoms with Crippen molar-refractivity contribution in [3.05, 3.63) is 20.8 Å². The van der Waals surface area contributed by atoms with E-state index < -0.39 is 0 Å². The van der Waals surface area contributed by atoms with E-state index in [1.54, 1.807) is 11.3 Å². The van der Waals surface area contributed by atoms with Crippen molar-refractivity contribution in [3.8, 4) is 0 Å². The maximum atomic E-state index is 10.3. The molecule has 0 amide bonds. The summed E-state index contributed by atoms with van der Waals surface area (Å²) in [6.07, 6.45) is 5.20. The second-order valence-corrected chi connectivity index (χ2v) is 6.41. The van der Waals surface area contributed by atoms with E-state index in [1.807, 2.05) is 0 Å². The van der Waals surface area contributed by atoms with Crippen LogP contribution in [0.15, 0.2) is 15.2 Å². The summed E-state index contributed by atoms with van der Waals surface area (Å²) in [5.74, 6) is 2.19. The average Bonchev–Trinajstić information content (AvgIpc) is 2.83. The molecule has 1 nitrogen and oxygen atoms in total. The number of halogens is 1. The van der Waals surface area contributed by atoms with Gasteiger partial charge in [-0.25, -0.2) is 0 Å². The first-order valence-corrected chi connectivity index (χ1v) is 7.42. The zero-order valence-electron chi connectivity index (χ0n) is 8.53. The third kappa shape index (κ3) is 1.69. The van der Waals surface area contributed by atoms with Crippen LogP contribution in [0.3, 0.4) is 0 Å². The molecule has 15 heavy (non-hydrogen) atoms. The van der Waals surface area contributed by atoms with E-state index in [4.69, 9.17) is 0 Å². The van der Waals surface area contributed by atoms with Crippen LogP contribution in [0.2, 0.25) is 0 Å². The van der Waals surface area contributed by atoms with Crippen LogP contribution in [0.25, 0.3) is 0 Å². The standard InChI is InChI=1S/C12H15BrOS/c13-10-6-15-5-9(10)12(14)11-7-3-1-2-4-8(7)11/h5-8,11-12,14H,1-4H2. The van der Waals surface area contributed by atoms with E-state index in [9.17, 15) is 5.11 Å². The van der Waals surface area contributed by atoms with Gasteiger partial charge in [0, 0.05) is 15.4 Å². The summed E-state index contributed by atoms with van der Waals surface area (Å²) in [4.78, 5) is 0. The number of hydrogen-bond donors (Lipinski definition) is 1. The highest BCUT2D eigenvalue weighted by atomic mass is 79.9. The maximum absolute atomic E-state index is 10.3. The van der Waals surface area contributed by atoms with E-state index in [0.717, 1.165) is 21.9 Å². The molecule has 82 valence electrons. The predicted octanol–water partition coefficient (Wildman–Crippen LogP) is 3.98. The molecule has 0 radical (unpaired) electrons. The van der Waals surface area contributed by atoms with Crippen molar-refractivity contribution in [2.24, 2.45) is 17.8 Å². The van der Waals surface area contributed by atoms with Crippen LogP contribution in [0.4, 0.5) is 0 Å². The molecule has 1 aromatic heterocycles. The summed E-state index contributed by atoms with van der Waals surface area (Å²) in [5, 5.41) is 14.5. The minimum atomic E-state index is -0.223. The van der Waals surface area contributed by atoms with Gasteiger partial charge < -0.3 is 5.11 Å². The molecule has 1 heterocycles. The van der Waals surface area contributed by atoms with Crippen molar-refractivity contribution in [1.29, 1.82) is 0 Å². The van der Waals surface area contributed by atoms with Crippen molar-refractivity contribution >= 4 is 27.3 Å². The lowest BCUT2D eigenvalue weighted by atomic mass is 10.0. The molecule has 2 aliphatic carbocycles. The summed E-state index contributed by atoms with van der Waals surface area (Å²) in [6.45, 7) is 0. The molecule has 3 rings (SSSR count). The monoisotopic (exact) mass is 286 g/mol. The van der Waals surface area contributed by atoms with E-state index in [1.165, 1.54) is 25.7 Å². The molecule has 0 aliphatic heterocycles. The first kappa shape index (κ1) is 10.3. The third-order valence-corrected chi connectivity index (χ3v) is 5.80. The number of aliphatic hydroxyl groups is 1. The highest BCUT2D eigenvalue weighted by Crippen LogP contribution is 2.60. The second kappa shape index (κ2) is 3.86. The maximum Gasteiger partial charge on any atom is 0.0842 e. The van der Waals surface area contributed by atoms with Crippen LogP contribution in [-0.4, -0.2) is 5.11 Å². The Morgan fingerprint density at radius 3 is 2.47 bits per heavy atom. The smallest absolute Gasteiger partial charge is 0.0842 e. The molecular formula is C12H15BrOS. The van der Waals surface area contributed by atoms with Gasteiger partial charge in [-0.05, 0) is 51.9 Å². The fraction of sp³-hybridized carbons (Fsp3) is 0.667. The molecule has 0 aromatic carbocycles. The molecule has 0 spiro atoms. The Kier molecular flexibility index (Phi) is 2.65. The third-order valence-electron chi connectivity index (χ3n) is 4.05. The van der Waals surface area contributed by atoms with Gasteiger partial charge in [0.15, 0.2) is 0 Å². The first-order chi connectivity index (χ1) is 7.29. The topological polar surface area (TPSA) is 20.2 Å². The normalized spacial score (nSPS) is 36.0. The Labute approximate surface area is 103 Å². The number of fused-ring (bicyclic) bond motifs is 1. The summed E-state index contributed by atoms with van der Waals surface area (Å²) in [6, 6.07) is 0. The van der Waals surface area contributed by atoms with Crippen LogP contribution in [0, 0.1) is 17.8 Å². The number of thiophene rings is 1. The Bertz CT molecular complexity index is 350. The van der Waals surface area contributed by atoms with E-state index >= 15 is 0 Å². The molecule has 3 atom stereocenters. The fourth-order valence-electron chi connectivity index (χ4n) is 3.23. The van der Waals surface area contributed by atoms with Crippen LogP contribution in [0.1, 0.15) is 37.4 Å². The fourth-order valence-corrected chi connectivity index (χ4v) is 4.79. The zero-order valence-corrected chi connectivity index (χ0v) is 10.9. The Hall–Kier alpha value is 0.140. The van der Waals surface area contributed by atoms with Crippen molar-refractivity contribution < 1.29 is 5.11 Å². The van der Waals surface area contributed by atoms with Crippen LogP contribution >= 0.6 is 27.3 Å². The molecule has 2 aliphatic rings. The minimum absolute atomic E-state index is 0.223. The van der Waals surface area contributed by atoms with E-state index in [2.05, 4.69) is 26.7 Å². The van der Waals surface area contributed by atoms with Gasteiger partial charge in [-0.3, -0.25) is 0 Å². The lowest BCUT2D eigenvalue weighted by Crippen LogP contribution is -2.01. The van der Waals surface area contributed by atoms with Gasteiger partial charge in [-0.1, -0.05) is 12.8 Å². The molecule has 0 saturated heterocycles. The van der Waals surface area contributed by atoms with Crippen molar-refractivity contribution in [2.75, 3.05) is 0 Å². The first-order valence-electron chi connectivity index (χ1n) is 5.68. The summed E-state index contributed by atoms with van der Waals surface area (Å²) in [5.41, 5.74) is 1.11. The summed E-state index contributed by atoms with van der Waals surface area (Å²) in [7, 11) is 0. The van der Waals surface area contributed by atoms with Gasteiger partial charge >= 0.3 is 0 Å². The summed E-state index contributed by atoms with van der Waals surface area (Å²) < 4.78 is 1.09. The van der Waals surface area contributed by atoms with Crippen molar-refractivity contribution in [3.63, 3.8) is 0 Å². The number of rotatable bonds is 2. The van der Waals surface area contributed by atoms with Gasteiger partial charge in [0.1, 0.15) is 0 Å². The largest absolute Gasteiger partial charge is 0.388 e. The van der Waals surface area contributed by atoms with Crippen LogP contribution < -0.4 is 0 Å².